The van der Waals surface area contributed by atoms with Gasteiger partial charge in [-0.1, -0.05) is 224 Å². The molecule has 1 unspecified atom stereocenters. The molecule has 0 saturated heterocycles. The Labute approximate surface area is 416 Å². The van der Waals surface area contributed by atoms with Crippen LogP contribution in [0.1, 0.15) is 194 Å². The largest absolute Gasteiger partial charge is 0.462 e. The summed E-state index contributed by atoms with van der Waals surface area (Å²) in [5, 5.41) is 0. The minimum atomic E-state index is -0.827. The van der Waals surface area contributed by atoms with Crippen molar-refractivity contribution in [2.24, 2.45) is 0 Å². The van der Waals surface area contributed by atoms with Crippen LogP contribution in [-0.4, -0.2) is 37.2 Å². The van der Waals surface area contributed by atoms with Crippen molar-refractivity contribution in [3.05, 3.63) is 158 Å². The number of allylic oxidation sites excluding steroid dienone is 26. The first-order chi connectivity index (χ1) is 33.5. The van der Waals surface area contributed by atoms with Crippen LogP contribution in [0.5, 0.6) is 0 Å². The van der Waals surface area contributed by atoms with Crippen molar-refractivity contribution in [2.75, 3.05) is 13.2 Å². The first-order valence-electron chi connectivity index (χ1n) is 26.6. The standard InChI is InChI=1S/C62H94O6/c1-4-7-10-13-16-19-22-25-28-30-31-33-34-37-40-43-46-49-52-55-61(64)67-58-59(57-66-60(63)54-51-48-45-42-39-36-27-24-21-18-15-12-9-6-3)68-62(65)56-53-50-47-44-41-38-35-32-29-26-23-20-17-14-11-8-5-2/h7-12,14,16-21,23,25-26,28-29,31-33,35,37-38,40-41,59H,4-6,13,15,22,24,27,30,34,36,39,42-58H2,1-3H3/b10-7-,11-8-,12-9-,17-14-,19-16-,21-18-,23-20-,28-25-,29-26-,33-31-,35-32+,40-37-,41-38-. The van der Waals surface area contributed by atoms with Gasteiger partial charge >= 0.3 is 17.9 Å². The lowest BCUT2D eigenvalue weighted by atomic mass is 10.1. The van der Waals surface area contributed by atoms with Crippen molar-refractivity contribution in [1.82, 2.24) is 0 Å². The fourth-order valence-corrected chi connectivity index (χ4v) is 6.54. The molecule has 0 spiro atoms. The predicted molar refractivity (Wildman–Crippen MR) is 292 cm³/mol. The van der Waals surface area contributed by atoms with E-state index in [0.29, 0.717) is 19.3 Å². The minimum Gasteiger partial charge on any atom is -0.462 e. The van der Waals surface area contributed by atoms with E-state index in [2.05, 4.69) is 118 Å². The summed E-state index contributed by atoms with van der Waals surface area (Å²) in [7, 11) is 0. The Bertz CT molecular complexity index is 1590. The fourth-order valence-electron chi connectivity index (χ4n) is 6.54. The number of unbranched alkanes of at least 4 members (excludes halogenated alkanes) is 13. The van der Waals surface area contributed by atoms with Crippen molar-refractivity contribution < 1.29 is 28.6 Å². The number of esters is 3. The summed E-state index contributed by atoms with van der Waals surface area (Å²) in [5.74, 6) is -1.02. The van der Waals surface area contributed by atoms with Gasteiger partial charge in [0.2, 0.25) is 0 Å². The number of hydrogen-bond donors (Lipinski definition) is 0. The van der Waals surface area contributed by atoms with Crippen LogP contribution in [0.25, 0.3) is 0 Å². The van der Waals surface area contributed by atoms with Gasteiger partial charge in [-0.3, -0.25) is 14.4 Å². The van der Waals surface area contributed by atoms with Crippen molar-refractivity contribution in [3.63, 3.8) is 0 Å². The Kier molecular flexibility index (Phi) is 50.6. The van der Waals surface area contributed by atoms with Crippen LogP contribution in [0, 0.1) is 0 Å². The van der Waals surface area contributed by atoms with Crippen LogP contribution >= 0.6 is 0 Å². The third-order valence-corrected chi connectivity index (χ3v) is 10.4. The zero-order chi connectivity index (χ0) is 49.3. The molecule has 0 saturated carbocycles. The van der Waals surface area contributed by atoms with Crippen LogP contribution in [0.4, 0.5) is 0 Å². The summed E-state index contributed by atoms with van der Waals surface area (Å²) in [5.41, 5.74) is 0. The molecule has 0 aromatic carbocycles. The smallest absolute Gasteiger partial charge is 0.306 e. The number of rotatable bonds is 45. The molecule has 1 atom stereocenters. The Morgan fingerprint density at radius 2 is 0.603 bits per heavy atom. The minimum absolute atomic E-state index is 0.119. The van der Waals surface area contributed by atoms with E-state index in [-0.39, 0.29) is 37.5 Å². The number of hydrogen-bond acceptors (Lipinski definition) is 6. The van der Waals surface area contributed by atoms with E-state index in [1.165, 1.54) is 25.7 Å². The molecular formula is C62H94O6. The van der Waals surface area contributed by atoms with Gasteiger partial charge in [0.05, 0.1) is 0 Å². The van der Waals surface area contributed by atoms with Crippen molar-refractivity contribution in [2.45, 2.75) is 200 Å². The fraction of sp³-hybridized carbons (Fsp3) is 0.532. The van der Waals surface area contributed by atoms with Crippen molar-refractivity contribution in [1.29, 1.82) is 0 Å². The predicted octanol–water partition coefficient (Wildman–Crippen LogP) is 17.8. The Morgan fingerprint density at radius 1 is 0.309 bits per heavy atom. The summed E-state index contributed by atoms with van der Waals surface area (Å²) in [6.45, 7) is 6.17. The lowest BCUT2D eigenvalue weighted by Crippen LogP contribution is -2.30. The van der Waals surface area contributed by atoms with Gasteiger partial charge in [0.25, 0.3) is 0 Å². The average molecular weight is 935 g/mol. The van der Waals surface area contributed by atoms with Crippen molar-refractivity contribution >= 4 is 17.9 Å². The van der Waals surface area contributed by atoms with E-state index in [1.807, 2.05) is 60.8 Å². The van der Waals surface area contributed by atoms with Gasteiger partial charge in [-0.2, -0.15) is 0 Å². The molecule has 0 aromatic heterocycles. The Hall–Kier alpha value is -4.97. The molecule has 0 aliphatic rings. The van der Waals surface area contributed by atoms with Gasteiger partial charge in [-0.25, -0.2) is 0 Å². The van der Waals surface area contributed by atoms with Gasteiger partial charge < -0.3 is 14.2 Å². The van der Waals surface area contributed by atoms with E-state index >= 15 is 0 Å². The van der Waals surface area contributed by atoms with E-state index in [4.69, 9.17) is 14.2 Å². The van der Waals surface area contributed by atoms with Gasteiger partial charge in [-0.05, 0) is 109 Å². The summed E-state index contributed by atoms with van der Waals surface area (Å²) in [6, 6.07) is 0. The summed E-state index contributed by atoms with van der Waals surface area (Å²) >= 11 is 0. The third kappa shape index (κ3) is 52.0. The molecular weight excluding hydrogens is 841 g/mol. The van der Waals surface area contributed by atoms with Gasteiger partial charge in [0.15, 0.2) is 6.10 Å². The van der Waals surface area contributed by atoms with Gasteiger partial charge in [0.1, 0.15) is 13.2 Å². The average Bonchev–Trinajstić information content (AvgIpc) is 3.34. The highest BCUT2D eigenvalue weighted by Gasteiger charge is 2.19. The molecule has 6 heteroatoms. The maximum Gasteiger partial charge on any atom is 0.306 e. The highest BCUT2D eigenvalue weighted by Crippen LogP contribution is 2.13. The van der Waals surface area contributed by atoms with Gasteiger partial charge in [-0.15, -0.1) is 0 Å². The Balaban J connectivity index is 4.59. The highest BCUT2D eigenvalue weighted by molar-refractivity contribution is 5.71. The lowest BCUT2D eigenvalue weighted by Gasteiger charge is -2.18. The van der Waals surface area contributed by atoms with Crippen molar-refractivity contribution in [3.8, 4) is 0 Å². The number of carbonyl (C=O) groups is 3. The molecule has 0 heterocycles. The molecule has 0 N–H and O–H groups in total. The lowest BCUT2D eigenvalue weighted by molar-refractivity contribution is -0.167. The van der Waals surface area contributed by atoms with Crippen LogP contribution in [0.2, 0.25) is 0 Å². The molecule has 0 aromatic rings. The van der Waals surface area contributed by atoms with E-state index in [1.54, 1.807) is 0 Å². The van der Waals surface area contributed by atoms with Crippen LogP contribution < -0.4 is 0 Å². The first-order valence-corrected chi connectivity index (χ1v) is 26.6. The van der Waals surface area contributed by atoms with Crippen LogP contribution in [0.3, 0.4) is 0 Å². The molecule has 0 amide bonds. The second-order valence-electron chi connectivity index (χ2n) is 16.8. The zero-order valence-electron chi connectivity index (χ0n) is 43.0. The normalized spacial score (nSPS) is 13.4. The maximum absolute atomic E-state index is 12.8. The summed E-state index contributed by atoms with van der Waals surface area (Å²) in [6.07, 6.45) is 79.4. The number of carbonyl (C=O) groups excluding carboxylic acids is 3. The molecule has 0 radical (unpaired) electrons. The second kappa shape index (κ2) is 54.6. The molecule has 6 nitrogen and oxygen atoms in total. The van der Waals surface area contributed by atoms with Crippen LogP contribution in [-0.2, 0) is 28.6 Å². The Morgan fingerprint density at radius 3 is 1.01 bits per heavy atom. The summed E-state index contributed by atoms with van der Waals surface area (Å²) in [4.78, 5) is 38.1. The molecule has 378 valence electrons. The highest BCUT2D eigenvalue weighted by atomic mass is 16.6. The third-order valence-electron chi connectivity index (χ3n) is 10.4. The SMILES string of the molecule is CC\C=C/C=C\C=C/C=C\C=C\C=C/CCCCCC(=O)OC(COC(=O)CCCCC/C=C\C/C=C\C/C=C\C/C=C\C/C=C\CC)COC(=O)CCCCCCCCC/C=C\C/C=C\CC. The number of ether oxygens (including phenoxy) is 3. The van der Waals surface area contributed by atoms with E-state index in [0.717, 1.165) is 122 Å². The maximum atomic E-state index is 12.8. The van der Waals surface area contributed by atoms with Gasteiger partial charge in [0, 0.05) is 19.3 Å². The second-order valence-corrected chi connectivity index (χ2v) is 16.8. The molecule has 0 aliphatic heterocycles. The topological polar surface area (TPSA) is 78.9 Å². The molecule has 0 fully saturated rings. The quantitative estimate of drug-likeness (QED) is 0.0199. The molecule has 0 rings (SSSR count). The molecule has 68 heavy (non-hydrogen) atoms. The van der Waals surface area contributed by atoms with E-state index < -0.39 is 6.10 Å². The molecule has 0 aliphatic carbocycles. The summed E-state index contributed by atoms with van der Waals surface area (Å²) < 4.78 is 16.8. The van der Waals surface area contributed by atoms with Crippen LogP contribution in [0.15, 0.2) is 158 Å². The van der Waals surface area contributed by atoms with E-state index in [9.17, 15) is 14.4 Å². The monoisotopic (exact) mass is 935 g/mol. The zero-order valence-corrected chi connectivity index (χ0v) is 43.0. The first kappa shape index (κ1) is 63.0. The molecule has 0 bridgehead atoms.